The Bertz CT molecular complexity index is 2250. The van der Waals surface area contributed by atoms with Gasteiger partial charge in [0.15, 0.2) is 0 Å². The maximum atomic E-state index is 13.3. The Labute approximate surface area is 344 Å². The van der Waals surface area contributed by atoms with Gasteiger partial charge in [0.1, 0.15) is 50.0 Å². The van der Waals surface area contributed by atoms with E-state index in [-0.39, 0.29) is 39.3 Å². The second kappa shape index (κ2) is 21.6. The average Bonchev–Trinajstić information content (AvgIpc) is 3.27. The molecule has 0 aliphatic heterocycles. The van der Waals surface area contributed by atoms with Gasteiger partial charge in [0.05, 0.1) is 6.61 Å². The summed E-state index contributed by atoms with van der Waals surface area (Å²) in [5, 5.41) is 2.71. The Balaban J connectivity index is 1.28. The summed E-state index contributed by atoms with van der Waals surface area (Å²) >= 11 is 0. The number of carbonyl (C=O) groups is 3. The van der Waals surface area contributed by atoms with Crippen LogP contribution in [0.2, 0.25) is 0 Å². The van der Waals surface area contributed by atoms with Crippen LogP contribution in [0.25, 0.3) is 11.1 Å². The Morgan fingerprint density at radius 2 is 0.932 bits per heavy atom. The Hall–Kier alpha value is -6.91. The molecular formula is C49H48N2O8. The number of hydrogen-bond donors (Lipinski definition) is 2. The molecule has 6 aromatic rings. The molecule has 0 aliphatic rings. The molecular weight excluding hydrogens is 745 g/mol. The quantitative estimate of drug-likeness (QED) is 0.0611. The maximum absolute atomic E-state index is 13.3. The van der Waals surface area contributed by atoms with Gasteiger partial charge in [0, 0.05) is 12.8 Å². The van der Waals surface area contributed by atoms with Crippen LogP contribution >= 0.6 is 0 Å². The molecule has 59 heavy (non-hydrogen) atoms. The van der Waals surface area contributed by atoms with Crippen molar-refractivity contribution >= 4 is 18.0 Å². The Morgan fingerprint density at radius 1 is 0.508 bits per heavy atom. The van der Waals surface area contributed by atoms with Crippen LogP contribution in [0.1, 0.15) is 40.3 Å². The van der Waals surface area contributed by atoms with E-state index in [1.165, 1.54) is 0 Å². The lowest BCUT2D eigenvalue weighted by molar-refractivity contribution is -0.147. The summed E-state index contributed by atoms with van der Waals surface area (Å²) in [5.41, 5.74) is 13.0. The van der Waals surface area contributed by atoms with Gasteiger partial charge in [-0.3, -0.25) is 4.79 Å². The molecule has 0 saturated heterocycles. The maximum Gasteiger partial charge on any atom is 0.408 e. The number of rotatable bonds is 19. The van der Waals surface area contributed by atoms with Crippen molar-refractivity contribution in [2.45, 2.75) is 58.3 Å². The van der Waals surface area contributed by atoms with E-state index in [2.05, 4.69) is 5.32 Å². The van der Waals surface area contributed by atoms with Crippen molar-refractivity contribution in [1.29, 1.82) is 0 Å². The SMILES string of the molecule is CCOC(=O)[C@H](Cc1cc(-c2ccc(OCc3ccccc3)c(C[C@H](N)C(=O)OCc3ccccc3)c2)ccc1OCc1ccccc1)NC(=O)OCc1ccccc1. The second-order valence-electron chi connectivity index (χ2n) is 13.8. The molecule has 10 nitrogen and oxygen atoms in total. The predicted octanol–water partition coefficient (Wildman–Crippen LogP) is 8.53. The van der Waals surface area contributed by atoms with Crippen molar-refractivity contribution in [3.05, 3.63) is 191 Å². The van der Waals surface area contributed by atoms with Crippen molar-refractivity contribution in [1.82, 2.24) is 5.32 Å². The molecule has 2 atom stereocenters. The minimum absolute atomic E-state index is 0.0327. The molecule has 0 unspecified atom stereocenters. The topological polar surface area (TPSA) is 135 Å². The Kier molecular flexibility index (Phi) is 15.3. The number of amides is 1. The number of nitrogens with two attached hydrogens (primary N) is 1. The average molecular weight is 793 g/mol. The summed E-state index contributed by atoms with van der Waals surface area (Å²) in [5.74, 6) is -0.0423. The molecule has 6 rings (SSSR count). The number of nitrogens with one attached hydrogen (secondary N) is 1. The highest BCUT2D eigenvalue weighted by Crippen LogP contribution is 2.33. The van der Waals surface area contributed by atoms with E-state index in [1.807, 2.05) is 158 Å². The molecule has 0 saturated carbocycles. The molecule has 3 N–H and O–H groups in total. The normalized spacial score (nSPS) is 11.8. The van der Waals surface area contributed by atoms with Crippen molar-refractivity contribution < 1.29 is 38.1 Å². The number of esters is 2. The summed E-state index contributed by atoms with van der Waals surface area (Å²) in [6.45, 7) is 2.56. The first kappa shape index (κ1) is 41.7. The molecule has 6 aromatic carbocycles. The number of hydrogen-bond acceptors (Lipinski definition) is 9. The van der Waals surface area contributed by atoms with Crippen LogP contribution in [0.15, 0.2) is 158 Å². The van der Waals surface area contributed by atoms with Gasteiger partial charge in [0.2, 0.25) is 0 Å². The fourth-order valence-electron chi connectivity index (χ4n) is 6.31. The first-order valence-corrected chi connectivity index (χ1v) is 19.5. The third-order valence-electron chi connectivity index (χ3n) is 9.40. The van der Waals surface area contributed by atoms with Crippen LogP contribution in [0, 0.1) is 0 Å². The lowest BCUT2D eigenvalue weighted by Crippen LogP contribution is -2.43. The third-order valence-corrected chi connectivity index (χ3v) is 9.40. The van der Waals surface area contributed by atoms with Crippen molar-refractivity contribution in [3.63, 3.8) is 0 Å². The summed E-state index contributed by atoms with van der Waals surface area (Å²) < 4.78 is 29.1. The fourth-order valence-corrected chi connectivity index (χ4v) is 6.31. The monoisotopic (exact) mass is 792 g/mol. The minimum Gasteiger partial charge on any atom is -0.489 e. The van der Waals surface area contributed by atoms with Crippen molar-refractivity contribution in [3.8, 4) is 22.6 Å². The largest absolute Gasteiger partial charge is 0.489 e. The van der Waals surface area contributed by atoms with Gasteiger partial charge in [-0.15, -0.1) is 0 Å². The zero-order valence-corrected chi connectivity index (χ0v) is 33.0. The van der Waals surface area contributed by atoms with Gasteiger partial charge < -0.3 is 34.7 Å². The zero-order valence-electron chi connectivity index (χ0n) is 33.0. The van der Waals surface area contributed by atoms with E-state index >= 15 is 0 Å². The number of ether oxygens (including phenoxy) is 5. The molecule has 0 fully saturated rings. The van der Waals surface area contributed by atoms with Crippen LogP contribution in [0.4, 0.5) is 4.79 Å². The van der Waals surface area contributed by atoms with Gasteiger partial charge >= 0.3 is 18.0 Å². The van der Waals surface area contributed by atoms with Gasteiger partial charge in [-0.2, -0.15) is 0 Å². The summed E-state index contributed by atoms with van der Waals surface area (Å²) in [4.78, 5) is 39.5. The number of alkyl carbamates (subject to hydrolysis) is 1. The molecule has 302 valence electrons. The lowest BCUT2D eigenvalue weighted by Gasteiger charge is -2.20. The summed E-state index contributed by atoms with van der Waals surface area (Å²) in [6, 6.07) is 47.6. The number of benzene rings is 6. The predicted molar refractivity (Wildman–Crippen MR) is 225 cm³/mol. The van der Waals surface area contributed by atoms with Gasteiger partial charge in [-0.1, -0.05) is 133 Å². The first-order chi connectivity index (χ1) is 28.8. The standard InChI is InChI=1S/C49H48N2O8/c1-2-55-48(53)44(51-49(54)59-34-38-21-13-6-14-22-38)30-42-28-40(24-26-46(42)57-32-36-17-9-4-10-18-36)39-23-25-45(56-31-35-15-7-3-8-16-35)41(27-39)29-43(50)47(52)58-33-37-19-11-5-12-20-37/h3-28,43-44H,2,29-34,50H2,1H3,(H,51,54)/t43-,44-/m0/s1. The van der Waals surface area contributed by atoms with E-state index < -0.39 is 30.1 Å². The van der Waals surface area contributed by atoms with E-state index in [9.17, 15) is 14.4 Å². The Morgan fingerprint density at radius 3 is 1.39 bits per heavy atom. The lowest BCUT2D eigenvalue weighted by atomic mass is 9.95. The minimum atomic E-state index is -1.09. The zero-order chi connectivity index (χ0) is 41.2. The van der Waals surface area contributed by atoms with Gasteiger partial charge in [0.25, 0.3) is 0 Å². The van der Waals surface area contributed by atoms with E-state index in [0.717, 1.165) is 33.4 Å². The summed E-state index contributed by atoms with van der Waals surface area (Å²) in [6.07, 6.45) is -0.568. The highest BCUT2D eigenvalue weighted by Gasteiger charge is 2.26. The van der Waals surface area contributed by atoms with Gasteiger partial charge in [-0.05, 0) is 75.7 Å². The highest BCUT2D eigenvalue weighted by molar-refractivity contribution is 5.82. The smallest absolute Gasteiger partial charge is 0.408 e. The van der Waals surface area contributed by atoms with Crippen LogP contribution in [-0.4, -0.2) is 36.7 Å². The molecule has 1 amide bonds. The number of carbonyl (C=O) groups excluding carboxylic acids is 3. The van der Waals surface area contributed by atoms with E-state index in [0.29, 0.717) is 29.2 Å². The second-order valence-corrected chi connectivity index (χ2v) is 13.8. The van der Waals surface area contributed by atoms with Crippen molar-refractivity contribution in [2.75, 3.05) is 6.61 Å². The van der Waals surface area contributed by atoms with E-state index in [4.69, 9.17) is 29.4 Å². The molecule has 0 spiro atoms. The third kappa shape index (κ3) is 12.8. The first-order valence-electron chi connectivity index (χ1n) is 19.5. The summed E-state index contributed by atoms with van der Waals surface area (Å²) in [7, 11) is 0. The van der Waals surface area contributed by atoms with Crippen LogP contribution in [0.3, 0.4) is 0 Å². The van der Waals surface area contributed by atoms with E-state index in [1.54, 1.807) is 6.92 Å². The van der Waals surface area contributed by atoms with Crippen LogP contribution < -0.4 is 20.5 Å². The molecule has 0 radical (unpaired) electrons. The van der Waals surface area contributed by atoms with Crippen LogP contribution in [0.5, 0.6) is 11.5 Å². The molecule has 0 heterocycles. The van der Waals surface area contributed by atoms with Gasteiger partial charge in [-0.25, -0.2) is 9.59 Å². The molecule has 0 bridgehead atoms. The molecule has 0 aromatic heterocycles. The molecule has 10 heteroatoms. The van der Waals surface area contributed by atoms with Crippen molar-refractivity contribution in [2.24, 2.45) is 5.73 Å². The molecule has 0 aliphatic carbocycles. The van der Waals surface area contributed by atoms with Crippen LogP contribution in [-0.2, 0) is 63.1 Å². The fraction of sp³-hybridized carbons (Fsp3) is 0.204. The highest BCUT2D eigenvalue weighted by atomic mass is 16.6.